The Morgan fingerprint density at radius 1 is 1.33 bits per heavy atom. The number of phenols is 1. The van der Waals surface area contributed by atoms with Crippen LogP contribution in [-0.2, 0) is 16.0 Å². The zero-order valence-corrected chi connectivity index (χ0v) is 10.6. The Labute approximate surface area is 106 Å². The van der Waals surface area contributed by atoms with Crippen molar-refractivity contribution in [2.24, 2.45) is 5.73 Å². The van der Waals surface area contributed by atoms with Crippen molar-refractivity contribution >= 4 is 11.7 Å². The van der Waals surface area contributed by atoms with Crippen LogP contribution in [0.5, 0.6) is 5.75 Å². The molecule has 0 aliphatic heterocycles. The lowest BCUT2D eigenvalue weighted by molar-refractivity contribution is -0.134. The predicted octanol–water partition coefficient (Wildman–Crippen LogP) is 0.309. The molecule has 1 amide bonds. The van der Waals surface area contributed by atoms with Gasteiger partial charge >= 0.3 is 0 Å². The number of nitrogens with two attached hydrogens (primary N) is 1. The average Bonchev–Trinajstić information content (AvgIpc) is 2.30. The molecule has 1 rings (SSSR count). The number of likely N-dealkylation sites (N-methyl/N-ethyl adjacent to an activating group) is 1. The number of ketones is 1. The molecule has 1 aromatic carbocycles. The summed E-state index contributed by atoms with van der Waals surface area (Å²) in [6, 6.07) is 5.84. The van der Waals surface area contributed by atoms with E-state index in [0.29, 0.717) is 6.42 Å². The number of benzene rings is 1. The third-order valence-corrected chi connectivity index (χ3v) is 2.55. The van der Waals surface area contributed by atoms with Crippen molar-refractivity contribution in [2.45, 2.75) is 19.4 Å². The van der Waals surface area contributed by atoms with Gasteiger partial charge in [0.05, 0.1) is 12.6 Å². The fourth-order valence-corrected chi connectivity index (χ4v) is 1.67. The molecule has 0 unspecified atom stereocenters. The highest BCUT2D eigenvalue weighted by Gasteiger charge is 2.19. The number of hydrogen-bond acceptors (Lipinski definition) is 4. The molecule has 0 heterocycles. The highest BCUT2D eigenvalue weighted by molar-refractivity contribution is 5.87. The first-order valence-corrected chi connectivity index (χ1v) is 5.68. The van der Waals surface area contributed by atoms with Crippen LogP contribution in [0.1, 0.15) is 12.5 Å². The van der Waals surface area contributed by atoms with Crippen molar-refractivity contribution in [3.05, 3.63) is 29.8 Å². The standard InChI is InChI=1S/C13H18N2O3/c1-9(16)8-15(2)13(18)12(14)7-10-3-5-11(17)6-4-10/h3-6,12,17H,7-8,14H2,1-2H3/t12-/m0/s1. The molecule has 1 atom stereocenters. The van der Waals surface area contributed by atoms with E-state index in [2.05, 4.69) is 0 Å². The lowest BCUT2D eigenvalue weighted by atomic mass is 10.1. The molecule has 0 aromatic heterocycles. The van der Waals surface area contributed by atoms with Crippen LogP contribution in [0.3, 0.4) is 0 Å². The van der Waals surface area contributed by atoms with Gasteiger partial charge in [0.25, 0.3) is 0 Å². The van der Waals surface area contributed by atoms with E-state index in [-0.39, 0.29) is 24.0 Å². The topological polar surface area (TPSA) is 83.6 Å². The van der Waals surface area contributed by atoms with E-state index in [4.69, 9.17) is 10.8 Å². The van der Waals surface area contributed by atoms with Gasteiger partial charge in [-0.15, -0.1) is 0 Å². The number of carbonyl (C=O) groups excluding carboxylic acids is 2. The lowest BCUT2D eigenvalue weighted by Gasteiger charge is -2.20. The molecule has 0 spiro atoms. The van der Waals surface area contributed by atoms with Crippen LogP contribution < -0.4 is 5.73 Å². The van der Waals surface area contributed by atoms with E-state index < -0.39 is 6.04 Å². The summed E-state index contributed by atoms with van der Waals surface area (Å²) in [6.07, 6.45) is 0.376. The SMILES string of the molecule is CC(=O)CN(C)C(=O)[C@@H](N)Cc1ccc(O)cc1. The average molecular weight is 250 g/mol. The van der Waals surface area contributed by atoms with Gasteiger partial charge in [0.2, 0.25) is 5.91 Å². The molecule has 0 aliphatic rings. The minimum absolute atomic E-state index is 0.0715. The third kappa shape index (κ3) is 4.18. The molecule has 5 nitrogen and oxygen atoms in total. The quantitative estimate of drug-likeness (QED) is 0.787. The van der Waals surface area contributed by atoms with E-state index in [9.17, 15) is 9.59 Å². The number of Topliss-reactive ketones (excluding diaryl/α,β-unsaturated/α-hetero) is 1. The van der Waals surface area contributed by atoms with Crippen molar-refractivity contribution in [1.29, 1.82) is 0 Å². The molecule has 0 saturated carbocycles. The summed E-state index contributed by atoms with van der Waals surface area (Å²) in [6.45, 7) is 1.50. The minimum atomic E-state index is -0.682. The maximum Gasteiger partial charge on any atom is 0.239 e. The van der Waals surface area contributed by atoms with E-state index in [0.717, 1.165) is 5.56 Å². The number of phenolic OH excluding ortho intramolecular Hbond substituents is 1. The molecule has 1 aromatic rings. The van der Waals surface area contributed by atoms with Crippen LogP contribution in [0.15, 0.2) is 24.3 Å². The smallest absolute Gasteiger partial charge is 0.239 e. The Kier molecular flexibility index (Phi) is 4.85. The Balaban J connectivity index is 2.59. The van der Waals surface area contributed by atoms with Gasteiger partial charge in [0.1, 0.15) is 11.5 Å². The second-order valence-electron chi connectivity index (χ2n) is 4.37. The van der Waals surface area contributed by atoms with Crippen LogP contribution in [-0.4, -0.2) is 41.3 Å². The minimum Gasteiger partial charge on any atom is -0.508 e. The normalized spacial score (nSPS) is 11.9. The molecule has 5 heteroatoms. The first kappa shape index (κ1) is 14.2. The molecule has 0 saturated heterocycles. The lowest BCUT2D eigenvalue weighted by Crippen LogP contribution is -2.44. The van der Waals surface area contributed by atoms with Crippen LogP contribution >= 0.6 is 0 Å². The van der Waals surface area contributed by atoms with E-state index in [1.807, 2.05) is 0 Å². The molecule has 98 valence electrons. The van der Waals surface area contributed by atoms with Gasteiger partial charge in [-0.2, -0.15) is 0 Å². The van der Waals surface area contributed by atoms with Gasteiger partial charge < -0.3 is 15.7 Å². The fraction of sp³-hybridized carbons (Fsp3) is 0.385. The van der Waals surface area contributed by atoms with Crippen LogP contribution in [0.2, 0.25) is 0 Å². The van der Waals surface area contributed by atoms with Gasteiger partial charge in [-0.05, 0) is 31.0 Å². The second kappa shape index (κ2) is 6.16. The molecule has 3 N–H and O–H groups in total. The molecule has 0 radical (unpaired) electrons. The number of amides is 1. The summed E-state index contributed by atoms with van der Waals surface area (Å²) in [5.41, 5.74) is 6.66. The van der Waals surface area contributed by atoms with Gasteiger partial charge in [-0.1, -0.05) is 12.1 Å². The number of aromatic hydroxyl groups is 1. The van der Waals surface area contributed by atoms with Crippen LogP contribution in [0, 0.1) is 0 Å². The molecule has 0 fully saturated rings. The molecular formula is C13H18N2O3. The van der Waals surface area contributed by atoms with Crippen molar-refractivity contribution in [3.8, 4) is 5.75 Å². The highest BCUT2D eigenvalue weighted by Crippen LogP contribution is 2.11. The fourth-order valence-electron chi connectivity index (χ4n) is 1.67. The second-order valence-corrected chi connectivity index (χ2v) is 4.37. The summed E-state index contributed by atoms with van der Waals surface area (Å²) in [5.74, 6) is -0.173. The van der Waals surface area contributed by atoms with Crippen molar-refractivity contribution < 1.29 is 14.7 Å². The molecule has 18 heavy (non-hydrogen) atoms. The number of hydrogen-bond donors (Lipinski definition) is 2. The van der Waals surface area contributed by atoms with Crippen molar-refractivity contribution in [2.75, 3.05) is 13.6 Å². The van der Waals surface area contributed by atoms with Gasteiger partial charge in [-0.25, -0.2) is 0 Å². The van der Waals surface area contributed by atoms with Gasteiger partial charge in [0.15, 0.2) is 0 Å². The highest BCUT2D eigenvalue weighted by atomic mass is 16.3. The van der Waals surface area contributed by atoms with Crippen LogP contribution in [0.25, 0.3) is 0 Å². The number of rotatable bonds is 5. The Hall–Kier alpha value is -1.88. The predicted molar refractivity (Wildman–Crippen MR) is 68.1 cm³/mol. The van der Waals surface area contributed by atoms with Gasteiger partial charge in [0, 0.05) is 7.05 Å². The summed E-state index contributed by atoms with van der Waals surface area (Å²) in [5, 5.41) is 9.14. The monoisotopic (exact) mass is 250 g/mol. The summed E-state index contributed by atoms with van der Waals surface area (Å²) < 4.78 is 0. The molecular weight excluding hydrogens is 232 g/mol. The Morgan fingerprint density at radius 3 is 2.39 bits per heavy atom. The van der Waals surface area contributed by atoms with Crippen molar-refractivity contribution in [3.63, 3.8) is 0 Å². The largest absolute Gasteiger partial charge is 0.508 e. The maximum atomic E-state index is 11.8. The number of nitrogens with zero attached hydrogens (tertiary/aromatic N) is 1. The third-order valence-electron chi connectivity index (χ3n) is 2.55. The van der Waals surface area contributed by atoms with Gasteiger partial charge in [-0.3, -0.25) is 9.59 Å². The Morgan fingerprint density at radius 2 is 1.89 bits per heavy atom. The molecule has 0 aliphatic carbocycles. The zero-order chi connectivity index (χ0) is 13.7. The zero-order valence-electron chi connectivity index (χ0n) is 10.6. The first-order chi connectivity index (χ1) is 8.40. The van der Waals surface area contributed by atoms with Crippen LogP contribution in [0.4, 0.5) is 0 Å². The van der Waals surface area contributed by atoms with E-state index >= 15 is 0 Å². The first-order valence-electron chi connectivity index (χ1n) is 5.68. The summed E-state index contributed by atoms with van der Waals surface area (Å²) >= 11 is 0. The maximum absolute atomic E-state index is 11.8. The number of carbonyl (C=O) groups is 2. The van der Waals surface area contributed by atoms with E-state index in [1.54, 1.807) is 31.3 Å². The van der Waals surface area contributed by atoms with E-state index in [1.165, 1.54) is 11.8 Å². The Bertz CT molecular complexity index is 428. The molecule has 0 bridgehead atoms. The summed E-state index contributed by atoms with van der Waals surface area (Å²) in [7, 11) is 1.56. The summed E-state index contributed by atoms with van der Waals surface area (Å²) in [4.78, 5) is 24.1. The van der Waals surface area contributed by atoms with Crippen molar-refractivity contribution in [1.82, 2.24) is 4.90 Å².